The number of aromatic nitrogens is 1. The van der Waals surface area contributed by atoms with E-state index in [1.54, 1.807) is 30.4 Å². The molecule has 0 spiro atoms. The minimum atomic E-state index is -0.0769. The molecule has 1 aromatic rings. The molecule has 1 N–H and O–H groups in total. The molecule has 0 aliphatic carbocycles. The minimum absolute atomic E-state index is 0.0590. The summed E-state index contributed by atoms with van der Waals surface area (Å²) in [5.41, 5.74) is 1.28. The molecule has 5 heteroatoms. The fraction of sp³-hybridized carbons (Fsp3) is 0.462. The summed E-state index contributed by atoms with van der Waals surface area (Å²) in [4.78, 5) is 18.1. The van der Waals surface area contributed by atoms with Crippen LogP contribution in [0.5, 0.6) is 0 Å². The maximum atomic E-state index is 12.4. The number of carbonyl (C=O) groups is 1. The number of nitrogens with zero attached hydrogens (tertiary/aromatic N) is 3. The second-order valence-electron chi connectivity index (χ2n) is 4.17. The molecule has 1 rings (SSSR count). The lowest BCUT2D eigenvalue weighted by Crippen LogP contribution is -2.38. The van der Waals surface area contributed by atoms with Crippen LogP contribution in [0.15, 0.2) is 18.5 Å². The normalized spacial score (nSPS) is 9.94. The average molecular weight is 246 g/mol. The Labute approximate surface area is 107 Å². The molecule has 18 heavy (non-hydrogen) atoms. The Hall–Kier alpha value is -2.09. The quantitative estimate of drug-likeness (QED) is 0.861. The minimum Gasteiger partial charge on any atom is -0.386 e. The van der Waals surface area contributed by atoms with Crippen molar-refractivity contribution >= 4 is 11.6 Å². The molecule has 0 bridgehead atoms. The molecular weight excluding hydrogens is 228 g/mol. The van der Waals surface area contributed by atoms with Crippen LogP contribution in [0.4, 0.5) is 5.69 Å². The van der Waals surface area contributed by atoms with Crippen LogP contribution >= 0.6 is 0 Å². The highest BCUT2D eigenvalue weighted by molar-refractivity contribution is 5.99. The first kappa shape index (κ1) is 14.0. The lowest BCUT2D eigenvalue weighted by molar-refractivity contribution is 0.0711. The second kappa shape index (κ2) is 6.60. The van der Waals surface area contributed by atoms with Crippen molar-refractivity contribution in [3.8, 4) is 6.07 Å². The zero-order chi connectivity index (χ0) is 13.5. The molecule has 1 aromatic heterocycles. The number of hydrogen-bond acceptors (Lipinski definition) is 4. The fourth-order valence-corrected chi connectivity index (χ4v) is 1.70. The molecule has 0 unspecified atom stereocenters. The number of hydrogen-bond donors (Lipinski definition) is 1. The van der Waals surface area contributed by atoms with Crippen LogP contribution in [0.25, 0.3) is 0 Å². The Kier molecular flexibility index (Phi) is 5.12. The van der Waals surface area contributed by atoms with Crippen molar-refractivity contribution in [3.05, 3.63) is 24.0 Å². The number of pyridine rings is 1. The second-order valence-corrected chi connectivity index (χ2v) is 4.17. The van der Waals surface area contributed by atoms with E-state index < -0.39 is 0 Å². The third kappa shape index (κ3) is 3.20. The van der Waals surface area contributed by atoms with Crippen molar-refractivity contribution in [3.63, 3.8) is 0 Å². The van der Waals surface area contributed by atoms with Gasteiger partial charge in [-0.25, -0.2) is 0 Å². The monoisotopic (exact) mass is 246 g/mol. The largest absolute Gasteiger partial charge is 0.386 e. The summed E-state index contributed by atoms with van der Waals surface area (Å²) >= 11 is 0. The van der Waals surface area contributed by atoms with E-state index >= 15 is 0 Å². The van der Waals surface area contributed by atoms with Gasteiger partial charge >= 0.3 is 0 Å². The van der Waals surface area contributed by atoms with Gasteiger partial charge < -0.3 is 10.2 Å². The molecule has 0 radical (unpaired) electrons. The van der Waals surface area contributed by atoms with Crippen molar-refractivity contribution in [2.75, 3.05) is 18.9 Å². The number of nitriles is 1. The van der Waals surface area contributed by atoms with E-state index in [0.717, 1.165) is 0 Å². The van der Waals surface area contributed by atoms with Gasteiger partial charge in [0.1, 0.15) is 0 Å². The Morgan fingerprint density at radius 2 is 2.33 bits per heavy atom. The smallest absolute Gasteiger partial charge is 0.256 e. The number of rotatable bonds is 5. The van der Waals surface area contributed by atoms with Gasteiger partial charge in [0, 0.05) is 25.8 Å². The Balaban J connectivity index is 2.99. The fourth-order valence-electron chi connectivity index (χ4n) is 1.70. The highest BCUT2D eigenvalue weighted by Crippen LogP contribution is 2.16. The standard InChI is InChI=1S/C13H18N4O/c1-10(2)17(8-4-6-14)13(18)11-5-7-16-9-12(11)15-3/h5,7,9-10,15H,4,8H2,1-3H3. The summed E-state index contributed by atoms with van der Waals surface area (Å²) in [6, 6.07) is 3.82. The van der Waals surface area contributed by atoms with E-state index in [0.29, 0.717) is 24.2 Å². The summed E-state index contributed by atoms with van der Waals surface area (Å²) in [6.07, 6.45) is 3.55. The summed E-state index contributed by atoms with van der Waals surface area (Å²) < 4.78 is 0. The summed E-state index contributed by atoms with van der Waals surface area (Å²) in [7, 11) is 1.75. The number of amides is 1. The predicted octanol–water partition coefficient (Wildman–Crippen LogP) is 1.89. The molecule has 0 aliphatic rings. The molecule has 0 aromatic carbocycles. The maximum Gasteiger partial charge on any atom is 0.256 e. The Morgan fingerprint density at radius 1 is 1.61 bits per heavy atom. The van der Waals surface area contributed by atoms with E-state index in [9.17, 15) is 4.79 Å². The number of carbonyl (C=O) groups excluding carboxylic acids is 1. The van der Waals surface area contributed by atoms with Gasteiger partial charge in [0.25, 0.3) is 5.91 Å². The van der Waals surface area contributed by atoms with Crippen LogP contribution < -0.4 is 5.32 Å². The average Bonchev–Trinajstić information content (AvgIpc) is 2.38. The molecule has 0 atom stereocenters. The van der Waals surface area contributed by atoms with E-state index in [2.05, 4.69) is 16.4 Å². The zero-order valence-corrected chi connectivity index (χ0v) is 11.0. The predicted molar refractivity (Wildman–Crippen MR) is 70.2 cm³/mol. The van der Waals surface area contributed by atoms with Crippen molar-refractivity contribution in [2.24, 2.45) is 0 Å². The Morgan fingerprint density at radius 3 is 2.89 bits per heavy atom. The summed E-state index contributed by atoms with van der Waals surface area (Å²) in [5, 5.41) is 11.6. The van der Waals surface area contributed by atoms with Gasteiger partial charge in [-0.3, -0.25) is 9.78 Å². The SMILES string of the molecule is CNc1cnccc1C(=O)N(CCC#N)C(C)C. The van der Waals surface area contributed by atoms with Crippen molar-refractivity contribution in [1.29, 1.82) is 5.26 Å². The third-order valence-corrected chi connectivity index (χ3v) is 2.67. The van der Waals surface area contributed by atoms with Crippen LogP contribution in [0.1, 0.15) is 30.6 Å². The van der Waals surface area contributed by atoms with E-state index in [1.807, 2.05) is 13.8 Å². The topological polar surface area (TPSA) is 69.0 Å². The first-order valence-electron chi connectivity index (χ1n) is 5.91. The highest BCUT2D eigenvalue weighted by Gasteiger charge is 2.20. The first-order valence-corrected chi connectivity index (χ1v) is 5.91. The van der Waals surface area contributed by atoms with Gasteiger partial charge in [-0.2, -0.15) is 5.26 Å². The van der Waals surface area contributed by atoms with Crippen molar-refractivity contribution < 1.29 is 4.79 Å². The van der Waals surface area contributed by atoms with E-state index in [1.165, 1.54) is 0 Å². The molecule has 0 saturated heterocycles. The number of nitrogens with one attached hydrogen (secondary N) is 1. The molecule has 1 amide bonds. The van der Waals surface area contributed by atoms with Gasteiger partial charge in [0.15, 0.2) is 0 Å². The molecule has 5 nitrogen and oxygen atoms in total. The molecule has 96 valence electrons. The van der Waals surface area contributed by atoms with E-state index in [4.69, 9.17) is 5.26 Å². The van der Waals surface area contributed by atoms with Gasteiger partial charge in [-0.15, -0.1) is 0 Å². The maximum absolute atomic E-state index is 12.4. The molecule has 0 saturated carbocycles. The van der Waals surface area contributed by atoms with Crippen molar-refractivity contribution in [1.82, 2.24) is 9.88 Å². The summed E-state index contributed by atoms with van der Waals surface area (Å²) in [6.45, 7) is 4.32. The lowest BCUT2D eigenvalue weighted by atomic mass is 10.1. The van der Waals surface area contributed by atoms with Crippen LogP contribution in [-0.2, 0) is 0 Å². The van der Waals surface area contributed by atoms with Crippen LogP contribution in [0.3, 0.4) is 0 Å². The molecule has 0 fully saturated rings. The Bertz CT molecular complexity index is 451. The number of anilines is 1. The van der Waals surface area contributed by atoms with Crippen LogP contribution in [0, 0.1) is 11.3 Å². The molecule has 1 heterocycles. The van der Waals surface area contributed by atoms with Gasteiger partial charge in [0.05, 0.1) is 29.9 Å². The van der Waals surface area contributed by atoms with Gasteiger partial charge in [0.2, 0.25) is 0 Å². The summed E-state index contributed by atoms with van der Waals surface area (Å²) in [5.74, 6) is -0.0769. The van der Waals surface area contributed by atoms with Gasteiger partial charge in [-0.1, -0.05) is 0 Å². The van der Waals surface area contributed by atoms with Crippen LogP contribution in [0.2, 0.25) is 0 Å². The van der Waals surface area contributed by atoms with E-state index in [-0.39, 0.29) is 11.9 Å². The van der Waals surface area contributed by atoms with Crippen LogP contribution in [-0.4, -0.2) is 35.4 Å². The van der Waals surface area contributed by atoms with Crippen molar-refractivity contribution in [2.45, 2.75) is 26.3 Å². The lowest BCUT2D eigenvalue weighted by Gasteiger charge is -2.26. The molecule has 0 aliphatic heterocycles. The highest BCUT2D eigenvalue weighted by atomic mass is 16.2. The molecular formula is C13H18N4O. The first-order chi connectivity index (χ1) is 8.61. The third-order valence-electron chi connectivity index (χ3n) is 2.67. The van der Waals surface area contributed by atoms with Gasteiger partial charge in [-0.05, 0) is 19.9 Å². The zero-order valence-electron chi connectivity index (χ0n) is 11.0.